The molecule has 88 valence electrons. The molecular weight excluding hydrogens is 230 g/mol. The van der Waals surface area contributed by atoms with Crippen molar-refractivity contribution in [2.75, 3.05) is 6.61 Å². The van der Waals surface area contributed by atoms with Crippen LogP contribution >= 0.6 is 11.5 Å². The molecule has 1 heterocycles. The molecule has 0 aliphatic heterocycles. The Morgan fingerprint density at radius 2 is 2.31 bits per heavy atom. The summed E-state index contributed by atoms with van der Waals surface area (Å²) in [6.07, 6.45) is 0.0125. The van der Waals surface area contributed by atoms with Gasteiger partial charge in [0.2, 0.25) is 0 Å². The lowest BCUT2D eigenvalue weighted by Gasteiger charge is -2.06. The van der Waals surface area contributed by atoms with Gasteiger partial charge >= 0.3 is 6.09 Å². The molecule has 0 radical (unpaired) electrons. The number of hydrogen-bond donors (Lipinski definition) is 1. The Bertz CT molecular complexity index is 351. The Hall–Kier alpha value is -1.50. The zero-order chi connectivity index (χ0) is 12.0. The van der Waals surface area contributed by atoms with Crippen molar-refractivity contribution in [1.29, 1.82) is 0 Å². The summed E-state index contributed by atoms with van der Waals surface area (Å²) in [6.45, 7) is 4.34. The van der Waals surface area contributed by atoms with Crippen molar-refractivity contribution in [3.63, 3.8) is 0 Å². The number of carbonyl (C=O) groups is 2. The summed E-state index contributed by atoms with van der Waals surface area (Å²) < 4.78 is 8.32. The van der Waals surface area contributed by atoms with E-state index in [1.54, 1.807) is 0 Å². The van der Waals surface area contributed by atoms with Crippen LogP contribution < -0.4 is 5.32 Å². The van der Waals surface area contributed by atoms with Gasteiger partial charge in [-0.2, -0.15) is 0 Å². The molecular formula is C9H13N3O3S. The van der Waals surface area contributed by atoms with Gasteiger partial charge in [0, 0.05) is 5.38 Å². The highest BCUT2D eigenvalue weighted by Crippen LogP contribution is 2.00. The zero-order valence-electron chi connectivity index (χ0n) is 9.10. The minimum Gasteiger partial charge on any atom is -0.449 e. The van der Waals surface area contributed by atoms with E-state index in [0.717, 1.165) is 18.0 Å². The van der Waals surface area contributed by atoms with Crippen LogP contribution in [0.25, 0.3) is 0 Å². The number of aromatic nitrogens is 2. The SMILES string of the molecule is CC(C)CCOC(=O)NC(=O)c1csnn1. The normalized spacial score (nSPS) is 10.2. The van der Waals surface area contributed by atoms with Gasteiger partial charge in [-0.3, -0.25) is 10.1 Å². The van der Waals surface area contributed by atoms with E-state index in [9.17, 15) is 9.59 Å². The van der Waals surface area contributed by atoms with Gasteiger partial charge in [-0.05, 0) is 23.9 Å². The number of hydrogen-bond acceptors (Lipinski definition) is 6. The standard InChI is InChI=1S/C9H13N3O3S/c1-6(2)3-4-15-9(14)10-8(13)7-5-16-12-11-7/h5-6H,3-4H2,1-2H3,(H,10,13,14). The molecule has 2 amide bonds. The Kier molecular flexibility index (Phi) is 4.84. The van der Waals surface area contributed by atoms with E-state index in [0.29, 0.717) is 12.5 Å². The van der Waals surface area contributed by atoms with Gasteiger partial charge in [0.15, 0.2) is 5.69 Å². The summed E-state index contributed by atoms with van der Waals surface area (Å²) in [5.41, 5.74) is 0.116. The van der Waals surface area contributed by atoms with E-state index in [2.05, 4.69) is 14.9 Å². The number of alkyl carbamates (subject to hydrolysis) is 1. The molecule has 0 unspecified atom stereocenters. The molecule has 0 saturated carbocycles. The maximum absolute atomic E-state index is 11.3. The minimum absolute atomic E-state index is 0.116. The predicted octanol–water partition coefficient (Wildman–Crippen LogP) is 1.45. The maximum atomic E-state index is 11.3. The number of imide groups is 1. The Morgan fingerprint density at radius 1 is 1.56 bits per heavy atom. The van der Waals surface area contributed by atoms with Gasteiger partial charge in [-0.25, -0.2) is 4.79 Å². The summed E-state index contributed by atoms with van der Waals surface area (Å²) in [7, 11) is 0. The second-order valence-corrected chi connectivity index (χ2v) is 4.17. The fourth-order valence-electron chi connectivity index (χ4n) is 0.844. The van der Waals surface area contributed by atoms with Crippen molar-refractivity contribution in [3.05, 3.63) is 11.1 Å². The van der Waals surface area contributed by atoms with Crippen LogP contribution in [0.4, 0.5) is 4.79 Å². The molecule has 1 aromatic heterocycles. The molecule has 1 aromatic rings. The first-order chi connectivity index (χ1) is 7.59. The quantitative estimate of drug-likeness (QED) is 0.865. The molecule has 0 aliphatic rings. The summed E-state index contributed by atoms with van der Waals surface area (Å²) in [5, 5.41) is 7.04. The largest absolute Gasteiger partial charge is 0.449 e. The second kappa shape index (κ2) is 6.16. The lowest BCUT2D eigenvalue weighted by Crippen LogP contribution is -2.31. The molecule has 1 rings (SSSR count). The molecule has 16 heavy (non-hydrogen) atoms. The van der Waals surface area contributed by atoms with Crippen LogP contribution in [0.15, 0.2) is 5.38 Å². The molecule has 7 heteroatoms. The summed E-state index contributed by atoms with van der Waals surface area (Å²) in [6, 6.07) is 0. The van der Waals surface area contributed by atoms with Crippen molar-refractivity contribution >= 4 is 23.5 Å². The fraction of sp³-hybridized carbons (Fsp3) is 0.556. The predicted molar refractivity (Wildman–Crippen MR) is 58.2 cm³/mol. The van der Waals surface area contributed by atoms with Crippen LogP contribution in [0.2, 0.25) is 0 Å². The number of ether oxygens (including phenoxy) is 1. The molecule has 0 aromatic carbocycles. The van der Waals surface area contributed by atoms with Crippen LogP contribution in [0, 0.1) is 5.92 Å². The van der Waals surface area contributed by atoms with Gasteiger partial charge < -0.3 is 4.74 Å². The molecule has 0 spiro atoms. The number of nitrogens with zero attached hydrogens (tertiary/aromatic N) is 2. The number of rotatable bonds is 4. The van der Waals surface area contributed by atoms with Crippen molar-refractivity contribution in [2.24, 2.45) is 5.92 Å². The highest BCUT2D eigenvalue weighted by atomic mass is 32.1. The van der Waals surface area contributed by atoms with E-state index in [1.165, 1.54) is 5.38 Å². The van der Waals surface area contributed by atoms with Crippen molar-refractivity contribution < 1.29 is 14.3 Å². The van der Waals surface area contributed by atoms with Gasteiger partial charge in [0.05, 0.1) is 6.61 Å². The summed E-state index contributed by atoms with van der Waals surface area (Å²) >= 11 is 1.04. The van der Waals surface area contributed by atoms with E-state index >= 15 is 0 Å². The van der Waals surface area contributed by atoms with Crippen LogP contribution in [0.1, 0.15) is 30.8 Å². The monoisotopic (exact) mass is 243 g/mol. The maximum Gasteiger partial charge on any atom is 0.414 e. The van der Waals surface area contributed by atoms with E-state index in [4.69, 9.17) is 4.74 Å². The smallest absolute Gasteiger partial charge is 0.414 e. The van der Waals surface area contributed by atoms with Crippen molar-refractivity contribution in [1.82, 2.24) is 14.9 Å². The average molecular weight is 243 g/mol. The third-order valence-electron chi connectivity index (χ3n) is 1.74. The third-order valence-corrected chi connectivity index (χ3v) is 2.24. The van der Waals surface area contributed by atoms with Crippen LogP contribution in [0.3, 0.4) is 0 Å². The van der Waals surface area contributed by atoms with Crippen molar-refractivity contribution in [2.45, 2.75) is 20.3 Å². The average Bonchev–Trinajstić information content (AvgIpc) is 2.69. The summed E-state index contributed by atoms with van der Waals surface area (Å²) in [4.78, 5) is 22.4. The van der Waals surface area contributed by atoms with Gasteiger partial charge in [0.1, 0.15) is 0 Å². The molecule has 0 aliphatic carbocycles. The minimum atomic E-state index is -0.751. The first kappa shape index (κ1) is 12.6. The molecule has 0 fully saturated rings. The summed E-state index contributed by atoms with van der Waals surface area (Å²) in [5.74, 6) is -0.144. The first-order valence-electron chi connectivity index (χ1n) is 4.84. The second-order valence-electron chi connectivity index (χ2n) is 3.56. The molecule has 6 nitrogen and oxygen atoms in total. The number of amides is 2. The highest BCUT2D eigenvalue weighted by molar-refractivity contribution is 7.03. The molecule has 0 atom stereocenters. The molecule has 0 bridgehead atoms. The lowest BCUT2D eigenvalue weighted by atomic mass is 10.1. The Morgan fingerprint density at radius 3 is 2.88 bits per heavy atom. The topological polar surface area (TPSA) is 81.2 Å². The van der Waals surface area contributed by atoms with E-state index in [1.807, 2.05) is 13.8 Å². The zero-order valence-corrected chi connectivity index (χ0v) is 9.91. The molecule has 0 saturated heterocycles. The number of nitrogens with one attached hydrogen (secondary N) is 1. The van der Waals surface area contributed by atoms with E-state index < -0.39 is 12.0 Å². The van der Waals surface area contributed by atoms with Crippen LogP contribution in [0.5, 0.6) is 0 Å². The Labute approximate surface area is 97.2 Å². The van der Waals surface area contributed by atoms with E-state index in [-0.39, 0.29) is 5.69 Å². The van der Waals surface area contributed by atoms with Gasteiger partial charge in [-0.15, -0.1) is 5.10 Å². The lowest BCUT2D eigenvalue weighted by molar-refractivity contribution is 0.0911. The Balaban J connectivity index is 2.27. The first-order valence-corrected chi connectivity index (χ1v) is 5.68. The van der Waals surface area contributed by atoms with Crippen molar-refractivity contribution in [3.8, 4) is 0 Å². The van der Waals surface area contributed by atoms with Gasteiger partial charge in [-0.1, -0.05) is 18.3 Å². The van der Waals surface area contributed by atoms with Gasteiger partial charge in [0.25, 0.3) is 5.91 Å². The number of carbonyl (C=O) groups excluding carboxylic acids is 2. The molecule has 1 N–H and O–H groups in total. The third kappa shape index (κ3) is 4.35. The van der Waals surface area contributed by atoms with Crippen LogP contribution in [-0.2, 0) is 4.74 Å². The highest BCUT2D eigenvalue weighted by Gasteiger charge is 2.13. The van der Waals surface area contributed by atoms with Crippen LogP contribution in [-0.4, -0.2) is 28.2 Å². The fourth-order valence-corrected chi connectivity index (χ4v) is 1.28.